The lowest BCUT2D eigenvalue weighted by molar-refractivity contribution is -0.120. The highest BCUT2D eigenvalue weighted by molar-refractivity contribution is 5.92. The van der Waals surface area contributed by atoms with E-state index < -0.39 is 0 Å². The molecule has 1 N–H and O–H groups in total. The van der Waals surface area contributed by atoms with Crippen LogP contribution < -0.4 is 5.32 Å². The molecule has 0 radical (unpaired) electrons. The van der Waals surface area contributed by atoms with Gasteiger partial charge in [0.1, 0.15) is 6.61 Å². The molecule has 5 heteroatoms. The fourth-order valence-electron chi connectivity index (χ4n) is 1.80. The molecule has 0 saturated heterocycles. The lowest BCUT2D eigenvalue weighted by atomic mass is 10.2. The van der Waals surface area contributed by atoms with Crippen LogP contribution >= 0.6 is 12.4 Å². The van der Waals surface area contributed by atoms with Crippen molar-refractivity contribution in [1.29, 1.82) is 0 Å². The van der Waals surface area contributed by atoms with Crippen molar-refractivity contribution in [1.82, 2.24) is 4.90 Å². The molecule has 0 atom stereocenters. The molecular weight excluding hydrogens is 276 g/mol. The molecule has 20 heavy (non-hydrogen) atoms. The number of carbonyl (C=O) groups is 1. The van der Waals surface area contributed by atoms with E-state index in [1.807, 2.05) is 31.2 Å². The number of nitrogens with one attached hydrogen (secondary N) is 1. The molecule has 114 valence electrons. The third kappa shape index (κ3) is 6.89. The second-order valence-corrected chi connectivity index (χ2v) is 4.44. The fraction of sp³-hybridized carbons (Fsp3) is 0.533. The first-order valence-corrected chi connectivity index (χ1v) is 6.83. The zero-order valence-electron chi connectivity index (χ0n) is 12.5. The summed E-state index contributed by atoms with van der Waals surface area (Å²) in [4.78, 5) is 14.0. The largest absolute Gasteiger partial charge is 0.370 e. The van der Waals surface area contributed by atoms with Crippen molar-refractivity contribution in [3.63, 3.8) is 0 Å². The van der Waals surface area contributed by atoms with Crippen LogP contribution in [-0.4, -0.2) is 43.7 Å². The normalized spacial score (nSPS) is 10.2. The van der Waals surface area contributed by atoms with E-state index >= 15 is 0 Å². The van der Waals surface area contributed by atoms with E-state index in [9.17, 15) is 4.79 Å². The van der Waals surface area contributed by atoms with E-state index in [0.717, 1.165) is 30.9 Å². The molecule has 0 fully saturated rings. The van der Waals surface area contributed by atoms with Crippen LogP contribution in [0.15, 0.2) is 24.3 Å². The summed E-state index contributed by atoms with van der Waals surface area (Å²) in [5, 5.41) is 2.85. The van der Waals surface area contributed by atoms with Crippen molar-refractivity contribution in [2.75, 3.05) is 38.2 Å². The minimum atomic E-state index is -0.103. The van der Waals surface area contributed by atoms with Gasteiger partial charge in [-0.25, -0.2) is 0 Å². The number of hydrogen-bond donors (Lipinski definition) is 1. The molecule has 0 spiro atoms. The van der Waals surface area contributed by atoms with Gasteiger partial charge in [0.2, 0.25) is 5.91 Å². The highest BCUT2D eigenvalue weighted by atomic mass is 35.5. The van der Waals surface area contributed by atoms with Gasteiger partial charge in [-0.3, -0.25) is 4.79 Å². The number of ether oxygens (including phenoxy) is 1. The van der Waals surface area contributed by atoms with E-state index in [1.54, 1.807) is 0 Å². The molecule has 1 amide bonds. The van der Waals surface area contributed by atoms with Crippen molar-refractivity contribution in [3.05, 3.63) is 29.8 Å². The summed E-state index contributed by atoms with van der Waals surface area (Å²) in [6, 6.07) is 7.72. The predicted octanol–water partition coefficient (Wildman–Crippen LogP) is 2.71. The number of likely N-dealkylation sites (N-methyl/N-ethyl adjacent to an activating group) is 1. The quantitative estimate of drug-likeness (QED) is 0.751. The molecule has 1 aromatic carbocycles. The van der Waals surface area contributed by atoms with E-state index in [1.165, 1.54) is 0 Å². The first-order valence-electron chi connectivity index (χ1n) is 6.83. The van der Waals surface area contributed by atoms with E-state index in [2.05, 4.69) is 24.1 Å². The maximum Gasteiger partial charge on any atom is 0.250 e. The third-order valence-electron chi connectivity index (χ3n) is 3.10. The molecule has 0 aromatic heterocycles. The van der Waals surface area contributed by atoms with Crippen LogP contribution in [0.4, 0.5) is 5.69 Å². The Morgan fingerprint density at radius 2 is 1.90 bits per heavy atom. The van der Waals surface area contributed by atoms with Crippen LogP contribution in [0.1, 0.15) is 19.4 Å². The van der Waals surface area contributed by atoms with Gasteiger partial charge in [-0.1, -0.05) is 32.0 Å². The number of carbonyl (C=O) groups excluding carboxylic acids is 1. The van der Waals surface area contributed by atoms with E-state index in [-0.39, 0.29) is 24.9 Å². The van der Waals surface area contributed by atoms with Gasteiger partial charge in [0, 0.05) is 12.2 Å². The number of aryl methyl sites for hydroxylation is 1. The summed E-state index contributed by atoms with van der Waals surface area (Å²) in [5.41, 5.74) is 1.90. The summed E-state index contributed by atoms with van der Waals surface area (Å²) >= 11 is 0. The zero-order chi connectivity index (χ0) is 14.1. The molecule has 0 unspecified atom stereocenters. The Bertz CT molecular complexity index is 395. The van der Waals surface area contributed by atoms with Crippen molar-refractivity contribution < 1.29 is 9.53 Å². The van der Waals surface area contributed by atoms with Gasteiger partial charge in [0.15, 0.2) is 0 Å². The Kier molecular flexibility index (Phi) is 10.1. The molecular formula is C15H25ClN2O2. The van der Waals surface area contributed by atoms with Gasteiger partial charge < -0.3 is 15.0 Å². The van der Waals surface area contributed by atoms with Crippen LogP contribution in [0.5, 0.6) is 0 Å². The van der Waals surface area contributed by atoms with Crippen LogP contribution in [0.2, 0.25) is 0 Å². The summed E-state index contributed by atoms with van der Waals surface area (Å²) in [6.45, 7) is 9.78. The van der Waals surface area contributed by atoms with Gasteiger partial charge >= 0.3 is 0 Å². The Morgan fingerprint density at radius 3 is 2.50 bits per heavy atom. The topological polar surface area (TPSA) is 41.6 Å². The van der Waals surface area contributed by atoms with Crippen LogP contribution in [-0.2, 0) is 9.53 Å². The van der Waals surface area contributed by atoms with Crippen molar-refractivity contribution in [2.45, 2.75) is 20.8 Å². The second-order valence-electron chi connectivity index (χ2n) is 4.44. The molecule has 0 aliphatic carbocycles. The molecule has 0 heterocycles. The van der Waals surface area contributed by atoms with Crippen molar-refractivity contribution in [2.24, 2.45) is 0 Å². The van der Waals surface area contributed by atoms with Gasteiger partial charge in [-0.15, -0.1) is 12.4 Å². The van der Waals surface area contributed by atoms with Gasteiger partial charge in [0.25, 0.3) is 0 Å². The lowest BCUT2D eigenvalue weighted by Crippen LogP contribution is -2.28. The molecule has 1 aromatic rings. The Morgan fingerprint density at radius 1 is 1.25 bits per heavy atom. The number of halogens is 1. The number of nitrogens with zero attached hydrogens (tertiary/aromatic N) is 1. The van der Waals surface area contributed by atoms with Crippen molar-refractivity contribution in [3.8, 4) is 0 Å². The SMILES string of the molecule is CCN(CC)CCOCC(=O)Nc1ccccc1C.Cl. The first kappa shape index (κ1) is 18.9. The molecule has 4 nitrogen and oxygen atoms in total. The number of amides is 1. The van der Waals surface area contributed by atoms with Crippen LogP contribution in [0, 0.1) is 6.92 Å². The molecule has 0 aliphatic rings. The standard InChI is InChI=1S/C15H24N2O2.ClH/c1-4-17(5-2)10-11-19-12-15(18)16-14-9-7-6-8-13(14)3;/h6-9H,4-5,10-12H2,1-3H3,(H,16,18);1H. The minimum absolute atomic E-state index is 0. The number of hydrogen-bond acceptors (Lipinski definition) is 3. The number of para-hydroxylation sites is 1. The van der Waals surface area contributed by atoms with Gasteiger partial charge in [-0.2, -0.15) is 0 Å². The zero-order valence-corrected chi connectivity index (χ0v) is 13.3. The second kappa shape index (κ2) is 10.7. The number of rotatable bonds is 8. The maximum atomic E-state index is 11.7. The van der Waals surface area contributed by atoms with Gasteiger partial charge in [-0.05, 0) is 31.6 Å². The highest BCUT2D eigenvalue weighted by Crippen LogP contribution is 2.12. The molecule has 0 bridgehead atoms. The summed E-state index contributed by atoms with van der Waals surface area (Å²) in [6.07, 6.45) is 0. The van der Waals surface area contributed by atoms with Crippen molar-refractivity contribution >= 4 is 24.0 Å². The monoisotopic (exact) mass is 300 g/mol. The first-order chi connectivity index (χ1) is 9.17. The van der Waals surface area contributed by atoms with E-state index in [0.29, 0.717) is 6.61 Å². The minimum Gasteiger partial charge on any atom is -0.370 e. The number of benzene rings is 1. The average Bonchev–Trinajstić information content (AvgIpc) is 2.42. The molecule has 1 rings (SSSR count). The summed E-state index contributed by atoms with van der Waals surface area (Å²) in [5.74, 6) is -0.103. The Labute approximate surface area is 127 Å². The van der Waals surface area contributed by atoms with Crippen LogP contribution in [0.25, 0.3) is 0 Å². The Hall–Kier alpha value is -1.10. The predicted molar refractivity (Wildman–Crippen MR) is 85.7 cm³/mol. The fourth-order valence-corrected chi connectivity index (χ4v) is 1.80. The summed E-state index contributed by atoms with van der Waals surface area (Å²) in [7, 11) is 0. The van der Waals surface area contributed by atoms with Crippen LogP contribution in [0.3, 0.4) is 0 Å². The summed E-state index contributed by atoms with van der Waals surface area (Å²) < 4.78 is 5.39. The number of anilines is 1. The molecule has 0 aliphatic heterocycles. The highest BCUT2D eigenvalue weighted by Gasteiger charge is 2.05. The Balaban J connectivity index is 0.00000361. The lowest BCUT2D eigenvalue weighted by Gasteiger charge is -2.17. The van der Waals surface area contributed by atoms with E-state index in [4.69, 9.17) is 4.74 Å². The molecule has 0 saturated carbocycles. The smallest absolute Gasteiger partial charge is 0.250 e. The third-order valence-corrected chi connectivity index (χ3v) is 3.10. The average molecular weight is 301 g/mol. The van der Waals surface area contributed by atoms with Gasteiger partial charge in [0.05, 0.1) is 6.61 Å². The maximum absolute atomic E-state index is 11.7.